The minimum absolute atomic E-state index is 0.0908. The van der Waals surface area contributed by atoms with Crippen molar-refractivity contribution in [1.82, 2.24) is 5.32 Å². The third-order valence-electron chi connectivity index (χ3n) is 2.22. The van der Waals surface area contributed by atoms with Crippen LogP contribution in [0.2, 0.25) is 0 Å². The van der Waals surface area contributed by atoms with E-state index in [9.17, 15) is 4.79 Å². The van der Waals surface area contributed by atoms with Crippen LogP contribution >= 0.6 is 0 Å². The van der Waals surface area contributed by atoms with Crippen LogP contribution in [0.5, 0.6) is 11.5 Å². The summed E-state index contributed by atoms with van der Waals surface area (Å²) in [7, 11) is 0. The van der Waals surface area contributed by atoms with E-state index >= 15 is 0 Å². The van der Waals surface area contributed by atoms with Gasteiger partial charge in [0.15, 0.2) is 11.5 Å². The van der Waals surface area contributed by atoms with E-state index in [4.69, 9.17) is 9.47 Å². The Bertz CT molecular complexity index is 401. The van der Waals surface area contributed by atoms with E-state index in [1.165, 1.54) is 0 Å². The van der Waals surface area contributed by atoms with Gasteiger partial charge in [0.25, 0.3) is 5.91 Å². The lowest BCUT2D eigenvalue weighted by atomic mass is 10.1. The highest BCUT2D eigenvalue weighted by atomic mass is 16.6. The number of ether oxygens (including phenoxy) is 2. The van der Waals surface area contributed by atoms with Crippen molar-refractivity contribution in [2.24, 2.45) is 0 Å². The number of carbonyl (C=O) groups is 1. The van der Waals surface area contributed by atoms with Crippen LogP contribution in [0.4, 0.5) is 0 Å². The van der Waals surface area contributed by atoms with E-state index in [2.05, 4.69) is 5.32 Å². The van der Waals surface area contributed by atoms with E-state index in [0.29, 0.717) is 30.3 Å². The maximum absolute atomic E-state index is 11.7. The first-order chi connectivity index (χ1) is 7.66. The fourth-order valence-corrected chi connectivity index (χ4v) is 1.53. The van der Waals surface area contributed by atoms with Gasteiger partial charge in [0.1, 0.15) is 13.2 Å². The predicted octanol–water partition coefficient (Wildman–Crippen LogP) is 1.60. The molecule has 0 fully saturated rings. The number of nitrogens with one attached hydrogen (secondary N) is 1. The molecule has 86 valence electrons. The Hall–Kier alpha value is -1.71. The molecule has 1 aliphatic rings. The summed E-state index contributed by atoms with van der Waals surface area (Å²) < 4.78 is 10.8. The standard InChI is InChI=1S/C12H15NO3/c1-8(2)13-12(14)9-3-4-10-11(7-9)16-6-5-15-10/h3-4,7-8H,5-6H2,1-2H3,(H,13,14). The number of benzene rings is 1. The fourth-order valence-electron chi connectivity index (χ4n) is 1.53. The van der Waals surface area contributed by atoms with Crippen molar-refractivity contribution in [2.75, 3.05) is 13.2 Å². The first-order valence-electron chi connectivity index (χ1n) is 5.37. The van der Waals surface area contributed by atoms with Crippen molar-refractivity contribution in [3.63, 3.8) is 0 Å². The highest BCUT2D eigenvalue weighted by Gasteiger charge is 2.14. The van der Waals surface area contributed by atoms with E-state index in [0.717, 1.165) is 0 Å². The second kappa shape index (κ2) is 4.43. The molecule has 0 saturated heterocycles. The Balaban J connectivity index is 2.19. The predicted molar refractivity (Wildman–Crippen MR) is 60.0 cm³/mol. The Morgan fingerprint density at radius 3 is 2.62 bits per heavy atom. The Labute approximate surface area is 94.6 Å². The van der Waals surface area contributed by atoms with Gasteiger partial charge < -0.3 is 14.8 Å². The second-order valence-corrected chi connectivity index (χ2v) is 3.99. The molecule has 1 amide bonds. The van der Waals surface area contributed by atoms with E-state index in [1.807, 2.05) is 13.8 Å². The monoisotopic (exact) mass is 221 g/mol. The number of hydrogen-bond acceptors (Lipinski definition) is 3. The molecule has 1 N–H and O–H groups in total. The summed E-state index contributed by atoms with van der Waals surface area (Å²) >= 11 is 0. The molecule has 4 heteroatoms. The van der Waals surface area contributed by atoms with Crippen LogP contribution < -0.4 is 14.8 Å². The van der Waals surface area contributed by atoms with Crippen LogP contribution in [0.1, 0.15) is 24.2 Å². The van der Waals surface area contributed by atoms with Crippen molar-refractivity contribution in [1.29, 1.82) is 0 Å². The Kier molecular flexibility index (Phi) is 2.99. The first-order valence-corrected chi connectivity index (χ1v) is 5.37. The molecule has 2 rings (SSSR count). The van der Waals surface area contributed by atoms with Crippen LogP contribution in [-0.2, 0) is 0 Å². The molecule has 0 bridgehead atoms. The lowest BCUT2D eigenvalue weighted by molar-refractivity contribution is 0.0942. The quantitative estimate of drug-likeness (QED) is 0.825. The summed E-state index contributed by atoms with van der Waals surface area (Å²) in [6.07, 6.45) is 0. The SMILES string of the molecule is CC(C)NC(=O)c1ccc2c(c1)OCCO2. The van der Waals surface area contributed by atoms with Gasteiger partial charge >= 0.3 is 0 Å². The maximum atomic E-state index is 11.7. The third kappa shape index (κ3) is 2.27. The van der Waals surface area contributed by atoms with Gasteiger partial charge in [-0.05, 0) is 32.0 Å². The van der Waals surface area contributed by atoms with Gasteiger partial charge in [0.05, 0.1) is 0 Å². The summed E-state index contributed by atoms with van der Waals surface area (Å²) in [5.74, 6) is 1.25. The summed E-state index contributed by atoms with van der Waals surface area (Å²) in [5.41, 5.74) is 0.595. The van der Waals surface area contributed by atoms with Gasteiger partial charge in [-0.1, -0.05) is 0 Å². The van der Waals surface area contributed by atoms with Crippen molar-refractivity contribution in [3.8, 4) is 11.5 Å². The molecule has 0 radical (unpaired) electrons. The lowest BCUT2D eigenvalue weighted by Crippen LogP contribution is -2.30. The fraction of sp³-hybridized carbons (Fsp3) is 0.417. The highest BCUT2D eigenvalue weighted by Crippen LogP contribution is 2.30. The molecule has 4 nitrogen and oxygen atoms in total. The van der Waals surface area contributed by atoms with Gasteiger partial charge in [0, 0.05) is 11.6 Å². The van der Waals surface area contributed by atoms with Crippen LogP contribution in [0.25, 0.3) is 0 Å². The second-order valence-electron chi connectivity index (χ2n) is 3.99. The molecular weight excluding hydrogens is 206 g/mol. The molecule has 0 saturated carbocycles. The first kappa shape index (κ1) is 10.8. The average molecular weight is 221 g/mol. The summed E-state index contributed by atoms with van der Waals surface area (Å²) in [5, 5.41) is 2.83. The van der Waals surface area contributed by atoms with Crippen LogP contribution in [0, 0.1) is 0 Å². The van der Waals surface area contributed by atoms with Gasteiger partial charge in [-0.3, -0.25) is 4.79 Å². The van der Waals surface area contributed by atoms with Gasteiger partial charge in [-0.25, -0.2) is 0 Å². The smallest absolute Gasteiger partial charge is 0.251 e. The molecule has 0 atom stereocenters. The Morgan fingerprint density at radius 2 is 1.94 bits per heavy atom. The van der Waals surface area contributed by atoms with Crippen LogP contribution in [0.3, 0.4) is 0 Å². The Morgan fingerprint density at radius 1 is 1.25 bits per heavy atom. The number of hydrogen-bond donors (Lipinski definition) is 1. The van der Waals surface area contributed by atoms with E-state index in [1.54, 1.807) is 18.2 Å². The van der Waals surface area contributed by atoms with Crippen molar-refractivity contribution >= 4 is 5.91 Å². The molecule has 1 aromatic carbocycles. The van der Waals surface area contributed by atoms with E-state index in [-0.39, 0.29) is 11.9 Å². The summed E-state index contributed by atoms with van der Waals surface area (Å²) in [6.45, 7) is 4.94. The molecule has 0 aromatic heterocycles. The van der Waals surface area contributed by atoms with Crippen LogP contribution in [-0.4, -0.2) is 25.2 Å². The maximum Gasteiger partial charge on any atom is 0.251 e. The zero-order valence-electron chi connectivity index (χ0n) is 9.45. The van der Waals surface area contributed by atoms with Gasteiger partial charge in [0.2, 0.25) is 0 Å². The molecular formula is C12H15NO3. The number of rotatable bonds is 2. The van der Waals surface area contributed by atoms with Gasteiger partial charge in [-0.15, -0.1) is 0 Å². The zero-order chi connectivity index (χ0) is 11.5. The van der Waals surface area contributed by atoms with Crippen molar-refractivity contribution in [2.45, 2.75) is 19.9 Å². The lowest BCUT2D eigenvalue weighted by Gasteiger charge is -2.19. The van der Waals surface area contributed by atoms with Crippen molar-refractivity contribution in [3.05, 3.63) is 23.8 Å². The molecule has 1 aromatic rings. The van der Waals surface area contributed by atoms with Crippen LogP contribution in [0.15, 0.2) is 18.2 Å². The minimum Gasteiger partial charge on any atom is -0.486 e. The molecule has 1 heterocycles. The highest BCUT2D eigenvalue weighted by molar-refractivity contribution is 5.95. The average Bonchev–Trinajstić information content (AvgIpc) is 2.27. The number of carbonyl (C=O) groups excluding carboxylic acids is 1. The van der Waals surface area contributed by atoms with E-state index < -0.39 is 0 Å². The molecule has 0 unspecified atom stereocenters. The normalized spacial score (nSPS) is 13.7. The number of amides is 1. The van der Waals surface area contributed by atoms with Crippen molar-refractivity contribution < 1.29 is 14.3 Å². The third-order valence-corrected chi connectivity index (χ3v) is 2.22. The molecule has 1 aliphatic heterocycles. The minimum atomic E-state index is -0.0908. The molecule has 16 heavy (non-hydrogen) atoms. The zero-order valence-corrected chi connectivity index (χ0v) is 9.45. The number of fused-ring (bicyclic) bond motifs is 1. The molecule has 0 aliphatic carbocycles. The molecule has 0 spiro atoms. The summed E-state index contributed by atoms with van der Waals surface area (Å²) in [4.78, 5) is 11.7. The topological polar surface area (TPSA) is 47.6 Å². The largest absolute Gasteiger partial charge is 0.486 e. The van der Waals surface area contributed by atoms with Gasteiger partial charge in [-0.2, -0.15) is 0 Å². The summed E-state index contributed by atoms with van der Waals surface area (Å²) in [6, 6.07) is 5.35.